The van der Waals surface area contributed by atoms with Crippen LogP contribution in [-0.2, 0) is 11.3 Å². The predicted molar refractivity (Wildman–Crippen MR) is 184 cm³/mol. The molecule has 1 fully saturated rings. The molecular formula is C37H37F3N6O4. The number of aryl methyl sites for hydroxylation is 1. The molecule has 0 saturated carbocycles. The van der Waals surface area contributed by atoms with Gasteiger partial charge in [-0.15, -0.1) is 0 Å². The molecule has 0 radical (unpaired) electrons. The molecule has 1 aliphatic rings. The van der Waals surface area contributed by atoms with Crippen LogP contribution in [0.2, 0.25) is 0 Å². The second kappa shape index (κ2) is 15.0. The average Bonchev–Trinajstić information content (AvgIpc) is 3.10. The van der Waals surface area contributed by atoms with Crippen LogP contribution in [0.4, 0.5) is 29.6 Å². The third-order valence-corrected chi connectivity index (χ3v) is 8.43. The first kappa shape index (κ1) is 34.4. The Kier molecular flexibility index (Phi) is 10.3. The van der Waals surface area contributed by atoms with Gasteiger partial charge in [-0.2, -0.15) is 13.2 Å². The number of nitrogens with one attached hydrogen (secondary N) is 2. The van der Waals surface area contributed by atoms with Crippen LogP contribution in [0.5, 0.6) is 11.6 Å². The maximum atomic E-state index is 12.9. The SMILES string of the molecule is Cc1ccc2c(NCC(O)C(F)(F)F)cccc2c1Oc1ncccc1-c1ccnc(N[C@H]2C[C@@H](C)CN(C(=O)OCc3ccccc3)C2)n1. The van der Waals surface area contributed by atoms with Crippen molar-refractivity contribution in [1.82, 2.24) is 19.9 Å². The Morgan fingerprint density at radius 2 is 1.80 bits per heavy atom. The van der Waals surface area contributed by atoms with E-state index in [2.05, 4.69) is 27.5 Å². The zero-order chi connectivity index (χ0) is 35.3. The molecule has 13 heteroatoms. The number of halogens is 3. The number of carbonyl (C=O) groups is 1. The van der Waals surface area contributed by atoms with E-state index in [1.807, 2.05) is 55.5 Å². The van der Waals surface area contributed by atoms with Gasteiger partial charge in [-0.25, -0.2) is 19.7 Å². The van der Waals surface area contributed by atoms with Gasteiger partial charge in [0.25, 0.3) is 0 Å². The topological polar surface area (TPSA) is 122 Å². The average molecular weight is 687 g/mol. The van der Waals surface area contributed by atoms with Gasteiger partial charge in [0.15, 0.2) is 6.10 Å². The number of aliphatic hydroxyl groups excluding tert-OH is 1. The molecular weight excluding hydrogens is 649 g/mol. The number of anilines is 2. The van der Waals surface area contributed by atoms with Crippen molar-refractivity contribution < 1.29 is 32.5 Å². The van der Waals surface area contributed by atoms with E-state index in [9.17, 15) is 23.1 Å². The highest BCUT2D eigenvalue weighted by Crippen LogP contribution is 2.39. The number of hydrogen-bond acceptors (Lipinski definition) is 9. The molecule has 6 rings (SSSR count). The summed E-state index contributed by atoms with van der Waals surface area (Å²) in [5.74, 6) is 1.36. The molecule has 5 aromatic rings. The summed E-state index contributed by atoms with van der Waals surface area (Å²) in [7, 11) is 0. The fourth-order valence-corrected chi connectivity index (χ4v) is 5.99. The van der Waals surface area contributed by atoms with Crippen LogP contribution in [-0.4, -0.2) is 69.0 Å². The highest BCUT2D eigenvalue weighted by molar-refractivity contribution is 5.98. The lowest BCUT2D eigenvalue weighted by Crippen LogP contribution is -2.48. The number of likely N-dealkylation sites (tertiary alicyclic amines) is 1. The third-order valence-electron chi connectivity index (χ3n) is 8.43. The zero-order valence-corrected chi connectivity index (χ0v) is 27.5. The monoisotopic (exact) mass is 686 g/mol. The number of benzene rings is 3. The summed E-state index contributed by atoms with van der Waals surface area (Å²) in [6.07, 6.45) is -3.58. The van der Waals surface area contributed by atoms with Gasteiger partial charge in [0.05, 0.1) is 11.3 Å². The van der Waals surface area contributed by atoms with Gasteiger partial charge >= 0.3 is 12.3 Å². The number of rotatable bonds is 10. The number of carbonyl (C=O) groups excluding carboxylic acids is 1. The zero-order valence-electron chi connectivity index (χ0n) is 27.5. The highest BCUT2D eigenvalue weighted by Gasteiger charge is 2.38. The van der Waals surface area contributed by atoms with Crippen molar-refractivity contribution in [3.63, 3.8) is 0 Å². The van der Waals surface area contributed by atoms with Crippen LogP contribution in [0.15, 0.2) is 91.3 Å². The van der Waals surface area contributed by atoms with Gasteiger partial charge in [0, 0.05) is 54.5 Å². The first-order valence-electron chi connectivity index (χ1n) is 16.2. The van der Waals surface area contributed by atoms with Crippen molar-refractivity contribution >= 4 is 28.5 Å². The Morgan fingerprint density at radius 3 is 2.60 bits per heavy atom. The van der Waals surface area contributed by atoms with Crippen LogP contribution < -0.4 is 15.4 Å². The molecule has 3 heterocycles. The number of aromatic nitrogens is 3. The lowest BCUT2D eigenvalue weighted by Gasteiger charge is -2.36. The Morgan fingerprint density at radius 1 is 0.980 bits per heavy atom. The van der Waals surface area contributed by atoms with E-state index in [-0.39, 0.29) is 30.5 Å². The van der Waals surface area contributed by atoms with E-state index < -0.39 is 18.8 Å². The van der Waals surface area contributed by atoms with Gasteiger partial charge in [0.2, 0.25) is 11.8 Å². The quantitative estimate of drug-likeness (QED) is 0.136. The number of pyridine rings is 1. The summed E-state index contributed by atoms with van der Waals surface area (Å²) in [5, 5.41) is 16.9. The summed E-state index contributed by atoms with van der Waals surface area (Å²) in [6.45, 7) is 4.47. The van der Waals surface area contributed by atoms with E-state index >= 15 is 0 Å². The molecule has 3 atom stereocenters. The van der Waals surface area contributed by atoms with Gasteiger partial charge in [-0.3, -0.25) is 0 Å². The number of ether oxygens (including phenoxy) is 2. The second-order valence-corrected chi connectivity index (χ2v) is 12.4. The first-order valence-corrected chi connectivity index (χ1v) is 16.2. The molecule has 3 aromatic carbocycles. The van der Waals surface area contributed by atoms with E-state index in [1.165, 1.54) is 0 Å². The second-order valence-electron chi connectivity index (χ2n) is 12.4. The molecule has 0 bridgehead atoms. The summed E-state index contributed by atoms with van der Waals surface area (Å²) in [4.78, 5) is 28.3. The maximum absolute atomic E-state index is 12.9. The Labute approximate surface area is 287 Å². The van der Waals surface area contributed by atoms with Crippen LogP contribution in [0, 0.1) is 12.8 Å². The maximum Gasteiger partial charge on any atom is 0.416 e. The van der Waals surface area contributed by atoms with Crippen LogP contribution in [0.25, 0.3) is 22.0 Å². The Hall–Kier alpha value is -5.43. The van der Waals surface area contributed by atoms with Crippen molar-refractivity contribution in [2.24, 2.45) is 5.92 Å². The number of alkyl halides is 3. The minimum absolute atomic E-state index is 0.110. The molecule has 10 nitrogen and oxygen atoms in total. The molecule has 1 saturated heterocycles. The largest absolute Gasteiger partial charge is 0.445 e. The predicted octanol–water partition coefficient (Wildman–Crippen LogP) is 7.59. The van der Waals surface area contributed by atoms with Crippen LogP contribution >= 0.6 is 0 Å². The summed E-state index contributed by atoms with van der Waals surface area (Å²) < 4.78 is 50.8. The molecule has 1 amide bonds. The number of nitrogens with zero attached hydrogens (tertiary/aromatic N) is 4. The normalized spacial score (nSPS) is 16.9. The molecule has 0 aliphatic carbocycles. The smallest absolute Gasteiger partial charge is 0.416 e. The van der Waals surface area contributed by atoms with Gasteiger partial charge in [-0.05, 0) is 54.7 Å². The number of amides is 1. The van der Waals surface area contributed by atoms with Crippen molar-refractivity contribution in [2.45, 2.75) is 45.2 Å². The number of hydrogen-bond donors (Lipinski definition) is 3. The number of piperidine rings is 1. The lowest BCUT2D eigenvalue weighted by atomic mass is 9.96. The summed E-state index contributed by atoms with van der Waals surface area (Å²) in [5.41, 5.74) is 3.27. The van der Waals surface area contributed by atoms with E-state index in [0.717, 1.165) is 17.5 Å². The van der Waals surface area contributed by atoms with Crippen molar-refractivity contribution in [1.29, 1.82) is 0 Å². The first-order chi connectivity index (χ1) is 24.0. The Balaban J connectivity index is 1.19. The van der Waals surface area contributed by atoms with Crippen molar-refractivity contribution in [3.8, 4) is 22.9 Å². The number of fused-ring (bicyclic) bond motifs is 1. The minimum atomic E-state index is -4.74. The fourth-order valence-electron chi connectivity index (χ4n) is 5.99. The molecule has 1 aliphatic heterocycles. The summed E-state index contributed by atoms with van der Waals surface area (Å²) >= 11 is 0. The van der Waals surface area contributed by atoms with E-state index in [4.69, 9.17) is 14.5 Å². The van der Waals surface area contributed by atoms with Gasteiger partial charge in [0.1, 0.15) is 12.4 Å². The van der Waals surface area contributed by atoms with Crippen LogP contribution in [0.3, 0.4) is 0 Å². The minimum Gasteiger partial charge on any atom is -0.445 e. The van der Waals surface area contributed by atoms with E-state index in [0.29, 0.717) is 52.5 Å². The molecule has 0 spiro atoms. The van der Waals surface area contributed by atoms with Crippen molar-refractivity contribution in [3.05, 3.63) is 102 Å². The van der Waals surface area contributed by atoms with Crippen LogP contribution in [0.1, 0.15) is 24.5 Å². The van der Waals surface area contributed by atoms with Gasteiger partial charge < -0.3 is 30.1 Å². The molecule has 1 unspecified atom stereocenters. The van der Waals surface area contributed by atoms with E-state index in [1.54, 1.807) is 47.6 Å². The molecule has 2 aromatic heterocycles. The van der Waals surface area contributed by atoms with Crippen molar-refractivity contribution in [2.75, 3.05) is 30.3 Å². The molecule has 260 valence electrons. The molecule has 3 N–H and O–H groups in total. The van der Waals surface area contributed by atoms with Gasteiger partial charge in [-0.1, -0.05) is 61.5 Å². The Bertz CT molecular complexity index is 1940. The summed E-state index contributed by atoms with van der Waals surface area (Å²) in [6, 6.07) is 23.5. The lowest BCUT2D eigenvalue weighted by molar-refractivity contribution is -0.198. The third kappa shape index (κ3) is 8.23. The highest BCUT2D eigenvalue weighted by atomic mass is 19.4. The fraction of sp³-hybridized carbons (Fsp3) is 0.297. The standard InChI is InChI=1S/C37H37F3N6O4/c1-23-18-26(21-46(20-23)36(48)49-22-25-8-4-3-5-9-25)44-35-42-17-15-31(45-35)29-11-7-16-41-34(29)50-33-24(2)13-14-27-28(33)10-6-12-30(27)43-19-32(47)37(38,39)40/h3-17,23,26,32,43,47H,18-22H2,1-2H3,(H,42,44,45)/t23-,26+,32?/m1/s1. The molecule has 50 heavy (non-hydrogen) atoms. The number of aliphatic hydroxyl groups is 1.